The maximum atomic E-state index is 13.1. The Kier molecular flexibility index (Phi) is 4.20. The van der Waals surface area contributed by atoms with Crippen LogP contribution in [0.2, 0.25) is 0 Å². The summed E-state index contributed by atoms with van der Waals surface area (Å²) in [5, 5.41) is 0. The maximum Gasteiger partial charge on any atom is 0.312 e. The fourth-order valence-corrected chi connectivity index (χ4v) is 5.53. The summed E-state index contributed by atoms with van der Waals surface area (Å²) in [6, 6.07) is 11.4. The van der Waals surface area contributed by atoms with E-state index in [9.17, 15) is 9.59 Å². The minimum Gasteiger partial charge on any atom is -0.489 e. The molecule has 5 heteroatoms. The van der Waals surface area contributed by atoms with E-state index in [1.54, 1.807) is 12.1 Å². The van der Waals surface area contributed by atoms with Crippen molar-refractivity contribution in [2.75, 3.05) is 6.61 Å². The fraction of sp³-hybridized carbons (Fsp3) is 0.385. The number of esters is 1. The molecule has 31 heavy (non-hydrogen) atoms. The number of para-hydroxylation sites is 1. The van der Waals surface area contributed by atoms with E-state index in [1.807, 2.05) is 24.3 Å². The highest BCUT2D eigenvalue weighted by Gasteiger charge is 2.45. The molecule has 0 radical (unpaired) electrons. The van der Waals surface area contributed by atoms with Gasteiger partial charge in [0, 0.05) is 17.0 Å². The van der Waals surface area contributed by atoms with Crippen LogP contribution < -0.4 is 14.2 Å². The molecule has 158 valence electrons. The largest absolute Gasteiger partial charge is 0.489 e. The average Bonchev–Trinajstić information content (AvgIpc) is 2.78. The van der Waals surface area contributed by atoms with E-state index in [0.717, 1.165) is 48.1 Å². The minimum atomic E-state index is -0.423. The molecule has 3 aliphatic heterocycles. The van der Waals surface area contributed by atoms with Crippen LogP contribution in [0.3, 0.4) is 0 Å². The molecule has 5 nitrogen and oxygen atoms in total. The zero-order chi connectivity index (χ0) is 21.0. The third-order valence-corrected chi connectivity index (χ3v) is 7.07. The first-order valence-corrected chi connectivity index (χ1v) is 11.1. The van der Waals surface area contributed by atoms with Gasteiger partial charge in [-0.1, -0.05) is 24.6 Å². The minimum absolute atomic E-state index is 0.126. The van der Waals surface area contributed by atoms with Crippen molar-refractivity contribution >= 4 is 17.8 Å². The number of carbonyl (C=O) groups excluding carboxylic acids is 2. The Morgan fingerprint density at radius 1 is 0.935 bits per heavy atom. The van der Waals surface area contributed by atoms with Crippen molar-refractivity contribution in [3.63, 3.8) is 0 Å². The van der Waals surface area contributed by atoms with E-state index in [2.05, 4.69) is 6.08 Å². The molecule has 0 unspecified atom stereocenters. The van der Waals surface area contributed by atoms with Crippen LogP contribution in [0.25, 0.3) is 6.08 Å². The highest BCUT2D eigenvalue weighted by Crippen LogP contribution is 2.51. The molecule has 6 rings (SSSR count). The molecule has 1 aliphatic carbocycles. The highest BCUT2D eigenvalue weighted by atomic mass is 16.5. The van der Waals surface area contributed by atoms with Gasteiger partial charge in [-0.2, -0.15) is 0 Å². The first-order valence-electron chi connectivity index (χ1n) is 11.1. The quantitative estimate of drug-likeness (QED) is 0.471. The predicted octanol–water partition coefficient (Wildman–Crippen LogP) is 5.22. The zero-order valence-corrected chi connectivity index (χ0v) is 17.3. The molecule has 2 aromatic rings. The van der Waals surface area contributed by atoms with Gasteiger partial charge in [0.15, 0.2) is 5.78 Å². The van der Waals surface area contributed by atoms with Crippen molar-refractivity contribution in [1.82, 2.24) is 0 Å². The number of ketones is 1. The Labute approximate surface area is 181 Å². The summed E-state index contributed by atoms with van der Waals surface area (Å²) in [6.45, 7) is 0.400. The smallest absolute Gasteiger partial charge is 0.312 e. The van der Waals surface area contributed by atoms with E-state index in [1.165, 1.54) is 6.42 Å². The lowest BCUT2D eigenvalue weighted by molar-refractivity contribution is -0.135. The standard InChI is InChI=1S/C26H24O5/c27-20-14-26(10-4-1-5-11-26)31-25-18(20)8-9-22-24(25)19(13-23(28)30-22)17-12-16-6-2-3-7-21(16)29-15-17/h2-3,6-9,12,19H,1,4-5,10-11,13-15H2/t19-/m1/s1. The number of ether oxygens (including phenoxy) is 3. The van der Waals surface area contributed by atoms with Gasteiger partial charge in [-0.05, 0) is 55.5 Å². The molecular weight excluding hydrogens is 392 g/mol. The summed E-state index contributed by atoms with van der Waals surface area (Å²) in [5.41, 5.74) is 3.01. The second-order valence-electron chi connectivity index (χ2n) is 9.08. The molecule has 2 aromatic carbocycles. The number of benzene rings is 2. The van der Waals surface area contributed by atoms with Crippen molar-refractivity contribution in [2.45, 2.75) is 56.5 Å². The summed E-state index contributed by atoms with van der Waals surface area (Å²) >= 11 is 0. The lowest BCUT2D eigenvalue weighted by Gasteiger charge is -2.42. The number of fused-ring (bicyclic) bond motifs is 4. The maximum absolute atomic E-state index is 13.1. The molecule has 0 aromatic heterocycles. The molecular formula is C26H24O5. The van der Waals surface area contributed by atoms with Crippen LogP contribution in [0.15, 0.2) is 42.0 Å². The molecule has 0 bridgehead atoms. The molecule has 3 heterocycles. The van der Waals surface area contributed by atoms with Crippen LogP contribution in [0, 0.1) is 0 Å². The van der Waals surface area contributed by atoms with Crippen molar-refractivity contribution in [1.29, 1.82) is 0 Å². The van der Waals surface area contributed by atoms with E-state index in [0.29, 0.717) is 30.1 Å². The van der Waals surface area contributed by atoms with Crippen LogP contribution in [0.1, 0.15) is 72.3 Å². The van der Waals surface area contributed by atoms with Crippen LogP contribution in [-0.2, 0) is 4.79 Å². The molecule has 0 N–H and O–H groups in total. The van der Waals surface area contributed by atoms with Crippen LogP contribution in [0.4, 0.5) is 0 Å². The number of Topliss-reactive ketones (excluding diaryl/α,β-unsaturated/α-hetero) is 1. The summed E-state index contributed by atoms with van der Waals surface area (Å²) in [6.07, 6.45) is 7.87. The summed E-state index contributed by atoms with van der Waals surface area (Å²) in [7, 11) is 0. The number of hydrogen-bond acceptors (Lipinski definition) is 5. The Balaban J connectivity index is 1.48. The Morgan fingerprint density at radius 3 is 2.65 bits per heavy atom. The van der Waals surface area contributed by atoms with E-state index in [-0.39, 0.29) is 24.1 Å². The summed E-state index contributed by atoms with van der Waals surface area (Å²) in [4.78, 5) is 25.6. The molecule has 0 saturated heterocycles. The second-order valence-corrected chi connectivity index (χ2v) is 9.08. The van der Waals surface area contributed by atoms with Crippen molar-refractivity contribution < 1.29 is 23.8 Å². The van der Waals surface area contributed by atoms with Gasteiger partial charge in [-0.25, -0.2) is 0 Å². The van der Waals surface area contributed by atoms with Gasteiger partial charge >= 0.3 is 5.97 Å². The predicted molar refractivity (Wildman–Crippen MR) is 115 cm³/mol. The number of rotatable bonds is 1. The van der Waals surface area contributed by atoms with Gasteiger partial charge in [0.25, 0.3) is 0 Å². The third kappa shape index (κ3) is 3.06. The van der Waals surface area contributed by atoms with Gasteiger partial charge in [-0.15, -0.1) is 0 Å². The number of carbonyl (C=O) groups is 2. The van der Waals surface area contributed by atoms with Gasteiger partial charge in [0.1, 0.15) is 29.5 Å². The lowest BCUT2D eigenvalue weighted by atomic mass is 9.76. The SMILES string of the molecule is O=C1C[C@H](C2=Cc3ccccc3OC2)c2c(ccc3c2OC2(CCCCC2)CC3=O)O1. The van der Waals surface area contributed by atoms with Gasteiger partial charge < -0.3 is 14.2 Å². The average molecular weight is 416 g/mol. The van der Waals surface area contributed by atoms with Crippen LogP contribution in [-0.4, -0.2) is 24.0 Å². The summed E-state index contributed by atoms with van der Waals surface area (Å²) < 4.78 is 18.3. The van der Waals surface area contributed by atoms with Crippen molar-refractivity contribution in [3.8, 4) is 17.2 Å². The zero-order valence-electron chi connectivity index (χ0n) is 17.3. The normalized spacial score (nSPS) is 23.5. The number of hydrogen-bond donors (Lipinski definition) is 0. The van der Waals surface area contributed by atoms with Crippen LogP contribution >= 0.6 is 0 Å². The van der Waals surface area contributed by atoms with E-state index < -0.39 is 5.60 Å². The summed E-state index contributed by atoms with van der Waals surface area (Å²) in [5.74, 6) is 1.58. The molecule has 1 atom stereocenters. The first-order chi connectivity index (χ1) is 15.1. The highest BCUT2D eigenvalue weighted by molar-refractivity contribution is 6.01. The van der Waals surface area contributed by atoms with Gasteiger partial charge in [0.05, 0.1) is 18.4 Å². The Hall–Kier alpha value is -3.08. The molecule has 0 amide bonds. The Morgan fingerprint density at radius 2 is 1.77 bits per heavy atom. The lowest BCUT2D eigenvalue weighted by Crippen LogP contribution is -2.44. The topological polar surface area (TPSA) is 61.8 Å². The monoisotopic (exact) mass is 416 g/mol. The van der Waals surface area contributed by atoms with Crippen LogP contribution in [0.5, 0.6) is 17.2 Å². The molecule has 1 fully saturated rings. The van der Waals surface area contributed by atoms with Gasteiger partial charge in [0.2, 0.25) is 0 Å². The third-order valence-electron chi connectivity index (χ3n) is 7.07. The van der Waals surface area contributed by atoms with Gasteiger partial charge in [-0.3, -0.25) is 9.59 Å². The van der Waals surface area contributed by atoms with Crippen molar-refractivity contribution in [2.24, 2.45) is 0 Å². The van der Waals surface area contributed by atoms with E-state index in [4.69, 9.17) is 14.2 Å². The fourth-order valence-electron chi connectivity index (χ4n) is 5.53. The second kappa shape index (κ2) is 6.98. The molecule has 1 spiro atoms. The molecule has 4 aliphatic rings. The molecule has 1 saturated carbocycles. The Bertz CT molecular complexity index is 1120. The van der Waals surface area contributed by atoms with E-state index >= 15 is 0 Å². The van der Waals surface area contributed by atoms with Crippen molar-refractivity contribution in [3.05, 3.63) is 58.7 Å². The first kappa shape index (κ1) is 18.7.